The number of fused-ring (bicyclic) bond motifs is 1. The average Bonchev–Trinajstić information content (AvgIpc) is 3.00. The second-order valence-electron chi connectivity index (χ2n) is 7.25. The molecule has 6 nitrogen and oxygen atoms in total. The Kier molecular flexibility index (Phi) is 5.69. The summed E-state index contributed by atoms with van der Waals surface area (Å²) in [5.41, 5.74) is 0.445. The number of nitrogens with zero attached hydrogens (tertiary/aromatic N) is 1. The predicted molar refractivity (Wildman–Crippen MR) is 98.6 cm³/mol. The lowest BCUT2D eigenvalue weighted by atomic mass is 9.85. The molecule has 0 bridgehead atoms. The van der Waals surface area contributed by atoms with Crippen LogP contribution in [0, 0.1) is 5.92 Å². The summed E-state index contributed by atoms with van der Waals surface area (Å²) in [6, 6.07) is 5.58. The van der Waals surface area contributed by atoms with Crippen LogP contribution in [0.3, 0.4) is 0 Å². The zero-order valence-electron chi connectivity index (χ0n) is 15.8. The van der Waals surface area contributed by atoms with Gasteiger partial charge in [-0.2, -0.15) is 0 Å². The molecule has 3 rings (SSSR count). The fraction of sp³-hybridized carbons (Fsp3) is 0.600. The Morgan fingerprint density at radius 3 is 2.62 bits per heavy atom. The SMILES string of the molecule is COc1ccc(C(=O)NCC(=O)N2C(C)CC3CCCCC32)cc1OC. The first-order chi connectivity index (χ1) is 12.5. The first-order valence-electron chi connectivity index (χ1n) is 9.36. The number of nitrogens with one attached hydrogen (secondary N) is 1. The van der Waals surface area contributed by atoms with E-state index < -0.39 is 0 Å². The van der Waals surface area contributed by atoms with Gasteiger partial charge >= 0.3 is 0 Å². The summed E-state index contributed by atoms with van der Waals surface area (Å²) in [6.07, 6.45) is 5.85. The third-order valence-corrected chi connectivity index (χ3v) is 5.68. The lowest BCUT2D eigenvalue weighted by Gasteiger charge is -2.33. The van der Waals surface area contributed by atoms with E-state index >= 15 is 0 Å². The molecule has 2 aliphatic rings. The van der Waals surface area contributed by atoms with E-state index in [1.807, 2.05) is 4.90 Å². The summed E-state index contributed by atoms with van der Waals surface area (Å²) in [5.74, 6) is 1.41. The van der Waals surface area contributed by atoms with Crippen LogP contribution in [0.25, 0.3) is 0 Å². The summed E-state index contributed by atoms with van der Waals surface area (Å²) in [7, 11) is 3.07. The molecule has 1 heterocycles. The molecule has 0 spiro atoms. The topological polar surface area (TPSA) is 67.9 Å². The number of rotatable bonds is 5. The van der Waals surface area contributed by atoms with Gasteiger partial charge < -0.3 is 19.7 Å². The van der Waals surface area contributed by atoms with Gasteiger partial charge in [-0.1, -0.05) is 12.8 Å². The molecule has 1 saturated carbocycles. The number of carbonyl (C=O) groups excluding carboxylic acids is 2. The molecule has 1 aromatic carbocycles. The molecule has 1 aliphatic carbocycles. The van der Waals surface area contributed by atoms with Gasteiger partial charge in [0.25, 0.3) is 5.91 Å². The lowest BCUT2D eigenvalue weighted by molar-refractivity contribution is -0.133. The summed E-state index contributed by atoms with van der Waals surface area (Å²) >= 11 is 0. The summed E-state index contributed by atoms with van der Waals surface area (Å²) in [6.45, 7) is 2.15. The van der Waals surface area contributed by atoms with Gasteiger partial charge in [0.05, 0.1) is 20.8 Å². The number of benzene rings is 1. The molecule has 0 radical (unpaired) electrons. The Morgan fingerprint density at radius 1 is 1.15 bits per heavy atom. The second-order valence-corrected chi connectivity index (χ2v) is 7.25. The van der Waals surface area contributed by atoms with E-state index in [0.717, 1.165) is 12.8 Å². The minimum Gasteiger partial charge on any atom is -0.493 e. The van der Waals surface area contributed by atoms with Crippen LogP contribution in [0.5, 0.6) is 11.5 Å². The van der Waals surface area contributed by atoms with Gasteiger partial charge in [0, 0.05) is 17.6 Å². The fourth-order valence-electron chi connectivity index (χ4n) is 4.47. The van der Waals surface area contributed by atoms with Crippen molar-refractivity contribution in [2.24, 2.45) is 5.92 Å². The van der Waals surface area contributed by atoms with Crippen molar-refractivity contribution in [3.63, 3.8) is 0 Å². The van der Waals surface area contributed by atoms with Gasteiger partial charge in [-0.25, -0.2) is 0 Å². The van der Waals surface area contributed by atoms with Crippen LogP contribution in [-0.4, -0.2) is 49.6 Å². The molecule has 3 unspecified atom stereocenters. The molecule has 1 N–H and O–H groups in total. The quantitative estimate of drug-likeness (QED) is 0.876. The lowest BCUT2D eigenvalue weighted by Crippen LogP contribution is -2.47. The predicted octanol–water partition coefficient (Wildman–Crippen LogP) is 2.61. The normalized spacial score (nSPS) is 24.7. The first-order valence-corrected chi connectivity index (χ1v) is 9.36. The van der Waals surface area contributed by atoms with Crippen molar-refractivity contribution in [2.45, 2.75) is 51.1 Å². The summed E-state index contributed by atoms with van der Waals surface area (Å²) in [4.78, 5) is 27.2. The monoisotopic (exact) mass is 360 g/mol. The van der Waals surface area contributed by atoms with Gasteiger partial charge in [-0.3, -0.25) is 9.59 Å². The van der Waals surface area contributed by atoms with Gasteiger partial charge in [-0.05, 0) is 50.3 Å². The maximum atomic E-state index is 12.7. The molecule has 3 atom stereocenters. The number of hydrogen-bond acceptors (Lipinski definition) is 4. The molecule has 2 amide bonds. The van der Waals surface area contributed by atoms with Gasteiger partial charge in [-0.15, -0.1) is 0 Å². The van der Waals surface area contributed by atoms with Gasteiger partial charge in [0.2, 0.25) is 5.91 Å². The summed E-state index contributed by atoms with van der Waals surface area (Å²) in [5, 5.41) is 2.75. The number of amides is 2. The highest BCUT2D eigenvalue weighted by molar-refractivity contribution is 5.97. The largest absolute Gasteiger partial charge is 0.493 e. The standard InChI is InChI=1S/C20H28N2O4/c1-13-10-14-6-4-5-7-16(14)22(13)19(23)12-21-20(24)15-8-9-17(25-2)18(11-15)26-3/h8-9,11,13-14,16H,4-7,10,12H2,1-3H3,(H,21,24). The Bertz CT molecular complexity index is 676. The zero-order chi connectivity index (χ0) is 18.7. The molecule has 6 heteroatoms. The molecule has 142 valence electrons. The number of methoxy groups -OCH3 is 2. The molecule has 1 saturated heterocycles. The van der Waals surface area contributed by atoms with Crippen LogP contribution < -0.4 is 14.8 Å². The van der Waals surface area contributed by atoms with E-state index in [0.29, 0.717) is 29.0 Å². The Labute approximate surface area is 154 Å². The highest BCUT2D eigenvalue weighted by atomic mass is 16.5. The van der Waals surface area contributed by atoms with Crippen LogP contribution in [0.15, 0.2) is 18.2 Å². The van der Waals surface area contributed by atoms with E-state index in [1.165, 1.54) is 26.4 Å². The van der Waals surface area contributed by atoms with E-state index in [9.17, 15) is 9.59 Å². The molecule has 2 fully saturated rings. The maximum Gasteiger partial charge on any atom is 0.251 e. The number of ether oxygens (including phenoxy) is 2. The van der Waals surface area contributed by atoms with Crippen LogP contribution >= 0.6 is 0 Å². The molecule has 1 aromatic rings. The maximum absolute atomic E-state index is 12.7. The van der Waals surface area contributed by atoms with Gasteiger partial charge in [0.1, 0.15) is 0 Å². The van der Waals surface area contributed by atoms with Crippen LogP contribution in [0.1, 0.15) is 49.4 Å². The smallest absolute Gasteiger partial charge is 0.251 e. The highest BCUT2D eigenvalue weighted by Gasteiger charge is 2.42. The van der Waals surface area contributed by atoms with Crippen LogP contribution in [-0.2, 0) is 4.79 Å². The van der Waals surface area contributed by atoms with Gasteiger partial charge in [0.15, 0.2) is 11.5 Å². The summed E-state index contributed by atoms with van der Waals surface area (Å²) < 4.78 is 10.4. The highest BCUT2D eigenvalue weighted by Crippen LogP contribution is 2.39. The van der Waals surface area contributed by atoms with Crippen molar-refractivity contribution in [3.05, 3.63) is 23.8 Å². The Hall–Kier alpha value is -2.24. The van der Waals surface area contributed by atoms with Crippen molar-refractivity contribution in [1.29, 1.82) is 0 Å². The molecule has 26 heavy (non-hydrogen) atoms. The van der Waals surface area contributed by atoms with Crippen molar-refractivity contribution in [2.75, 3.05) is 20.8 Å². The Morgan fingerprint density at radius 2 is 1.88 bits per heavy atom. The average molecular weight is 360 g/mol. The first kappa shape index (κ1) is 18.5. The molecular weight excluding hydrogens is 332 g/mol. The molecular formula is C20H28N2O4. The van der Waals surface area contributed by atoms with Crippen molar-refractivity contribution >= 4 is 11.8 Å². The minimum absolute atomic E-state index is 0.0146. The van der Waals surface area contributed by atoms with E-state index in [2.05, 4.69) is 12.2 Å². The van der Waals surface area contributed by atoms with E-state index in [1.54, 1.807) is 25.3 Å². The number of likely N-dealkylation sites (tertiary alicyclic amines) is 1. The van der Waals surface area contributed by atoms with Crippen molar-refractivity contribution in [1.82, 2.24) is 10.2 Å². The third-order valence-electron chi connectivity index (χ3n) is 5.68. The van der Waals surface area contributed by atoms with Crippen LogP contribution in [0.4, 0.5) is 0 Å². The molecule has 1 aliphatic heterocycles. The number of hydrogen-bond donors (Lipinski definition) is 1. The Balaban J connectivity index is 1.61. The van der Waals surface area contributed by atoms with Crippen molar-refractivity contribution in [3.8, 4) is 11.5 Å². The van der Waals surface area contributed by atoms with Crippen molar-refractivity contribution < 1.29 is 19.1 Å². The fourth-order valence-corrected chi connectivity index (χ4v) is 4.47. The van der Waals surface area contributed by atoms with Crippen LogP contribution in [0.2, 0.25) is 0 Å². The minimum atomic E-state index is -0.286. The second kappa shape index (κ2) is 7.98. The number of carbonyl (C=O) groups is 2. The van der Waals surface area contributed by atoms with E-state index in [4.69, 9.17) is 9.47 Å². The van der Waals surface area contributed by atoms with E-state index in [-0.39, 0.29) is 24.4 Å². The zero-order valence-corrected chi connectivity index (χ0v) is 15.8. The third kappa shape index (κ3) is 3.64. The molecule has 0 aromatic heterocycles.